The van der Waals surface area contributed by atoms with Crippen molar-refractivity contribution in [2.45, 2.75) is 11.3 Å². The van der Waals surface area contributed by atoms with Gasteiger partial charge in [0.2, 0.25) is 0 Å². The van der Waals surface area contributed by atoms with E-state index in [2.05, 4.69) is 10.2 Å². The van der Waals surface area contributed by atoms with Gasteiger partial charge in [-0.1, -0.05) is 23.7 Å². The van der Waals surface area contributed by atoms with Crippen molar-refractivity contribution in [2.75, 3.05) is 40.6 Å². The van der Waals surface area contributed by atoms with Gasteiger partial charge < -0.3 is 16.0 Å². The van der Waals surface area contributed by atoms with Crippen LogP contribution < -0.4 is 19.8 Å². The second-order valence-corrected chi connectivity index (χ2v) is 8.71. The lowest BCUT2D eigenvalue weighted by atomic mass is 10.2. The molecule has 0 radical (unpaired) electrons. The first-order valence-corrected chi connectivity index (χ1v) is 10.4. The standard InChI is InChI=1S/C17H20Cl2N4O2S/c18-14-4-1-2-5-16(14)23(19)26(24,25)13-6-7-17(15(20)12-13)22-10-3-8-21-9-11-22/h1-2,4-7,12,21H,3,8-11,20H2. The molecule has 0 atom stereocenters. The van der Waals surface area contributed by atoms with Gasteiger partial charge in [0.05, 0.1) is 27.0 Å². The van der Waals surface area contributed by atoms with Crippen LogP contribution in [0.1, 0.15) is 6.42 Å². The van der Waals surface area contributed by atoms with Crippen molar-refractivity contribution in [1.29, 1.82) is 0 Å². The minimum Gasteiger partial charge on any atom is -0.397 e. The fourth-order valence-corrected chi connectivity index (χ4v) is 4.70. The number of hydrogen-bond acceptors (Lipinski definition) is 5. The summed E-state index contributed by atoms with van der Waals surface area (Å²) >= 11 is 12.2. The van der Waals surface area contributed by atoms with Gasteiger partial charge in [0.25, 0.3) is 10.0 Å². The minimum atomic E-state index is -3.99. The summed E-state index contributed by atoms with van der Waals surface area (Å²) in [6, 6.07) is 11.2. The van der Waals surface area contributed by atoms with Gasteiger partial charge in [0, 0.05) is 31.4 Å². The maximum Gasteiger partial charge on any atom is 0.278 e. The van der Waals surface area contributed by atoms with Crippen LogP contribution in [-0.2, 0) is 10.0 Å². The summed E-state index contributed by atoms with van der Waals surface area (Å²) in [6.07, 6.45) is 1.00. The highest BCUT2D eigenvalue weighted by molar-refractivity contribution is 7.94. The molecule has 6 nitrogen and oxygen atoms in total. The molecule has 0 unspecified atom stereocenters. The molecule has 9 heteroatoms. The number of nitrogens with one attached hydrogen (secondary N) is 1. The summed E-state index contributed by atoms with van der Waals surface area (Å²) in [5.41, 5.74) is 7.57. The average molecular weight is 415 g/mol. The van der Waals surface area contributed by atoms with Crippen molar-refractivity contribution in [3.05, 3.63) is 47.5 Å². The number of anilines is 3. The third kappa shape index (κ3) is 3.86. The van der Waals surface area contributed by atoms with Crippen molar-refractivity contribution in [1.82, 2.24) is 5.32 Å². The Labute approximate surface area is 163 Å². The lowest BCUT2D eigenvalue weighted by Crippen LogP contribution is -2.28. The van der Waals surface area contributed by atoms with Gasteiger partial charge in [0.15, 0.2) is 0 Å². The number of sulfonamides is 1. The first kappa shape index (κ1) is 19.1. The van der Waals surface area contributed by atoms with Gasteiger partial charge in [0.1, 0.15) is 0 Å². The van der Waals surface area contributed by atoms with Crippen LogP contribution in [-0.4, -0.2) is 34.6 Å². The number of nitrogens with zero attached hydrogens (tertiary/aromatic N) is 2. The Morgan fingerprint density at radius 3 is 2.62 bits per heavy atom. The predicted molar refractivity (Wildman–Crippen MR) is 108 cm³/mol. The van der Waals surface area contributed by atoms with Gasteiger partial charge in [-0.3, -0.25) is 0 Å². The van der Waals surface area contributed by atoms with Gasteiger partial charge in [-0.2, -0.15) is 12.2 Å². The summed E-state index contributed by atoms with van der Waals surface area (Å²) in [6.45, 7) is 3.51. The number of nitrogens with two attached hydrogens (primary N) is 1. The summed E-state index contributed by atoms with van der Waals surface area (Å²) < 4.78 is 26.3. The van der Waals surface area contributed by atoms with Crippen molar-refractivity contribution in [2.24, 2.45) is 0 Å². The molecule has 1 heterocycles. The Kier molecular flexibility index (Phi) is 5.82. The van der Waals surface area contributed by atoms with Crippen LogP contribution in [0, 0.1) is 0 Å². The van der Waals surface area contributed by atoms with E-state index in [1.807, 2.05) is 0 Å². The molecule has 2 aromatic rings. The van der Waals surface area contributed by atoms with Crippen LogP contribution in [0.25, 0.3) is 0 Å². The van der Waals surface area contributed by atoms with E-state index in [-0.39, 0.29) is 15.6 Å². The highest BCUT2D eigenvalue weighted by Gasteiger charge is 2.26. The molecular weight excluding hydrogens is 395 g/mol. The molecule has 3 rings (SSSR count). The Morgan fingerprint density at radius 1 is 1.12 bits per heavy atom. The molecular formula is C17H20Cl2N4O2S. The van der Waals surface area contributed by atoms with Gasteiger partial charge in [-0.25, -0.2) is 0 Å². The number of hydrogen-bond donors (Lipinski definition) is 2. The maximum atomic E-state index is 12.8. The summed E-state index contributed by atoms with van der Waals surface area (Å²) in [5, 5.41) is 3.57. The number of rotatable bonds is 4. The van der Waals surface area contributed by atoms with Crippen molar-refractivity contribution in [3.8, 4) is 0 Å². The third-order valence-corrected chi connectivity index (χ3v) is 6.75. The van der Waals surface area contributed by atoms with E-state index in [1.54, 1.807) is 24.3 Å². The van der Waals surface area contributed by atoms with Crippen molar-refractivity contribution >= 4 is 50.5 Å². The number of nitrogen functional groups attached to an aromatic ring is 1. The highest BCUT2D eigenvalue weighted by atomic mass is 35.5. The summed E-state index contributed by atoms with van der Waals surface area (Å²) in [7, 11) is -3.99. The predicted octanol–water partition coefficient (Wildman–Crippen LogP) is 3.07. The summed E-state index contributed by atoms with van der Waals surface area (Å²) in [4.78, 5) is 2.17. The largest absolute Gasteiger partial charge is 0.397 e. The molecule has 0 spiro atoms. The molecule has 0 aliphatic carbocycles. The Balaban J connectivity index is 1.91. The van der Waals surface area contributed by atoms with Crippen LogP contribution in [0.2, 0.25) is 5.02 Å². The smallest absolute Gasteiger partial charge is 0.278 e. The number of halogens is 2. The molecule has 0 saturated carbocycles. The zero-order chi connectivity index (χ0) is 18.7. The number of para-hydroxylation sites is 1. The Bertz CT molecular complexity index is 884. The molecule has 0 bridgehead atoms. The molecule has 3 N–H and O–H groups in total. The topological polar surface area (TPSA) is 78.7 Å². The average Bonchev–Trinajstić information content (AvgIpc) is 2.90. The second-order valence-electron chi connectivity index (χ2n) is 5.98. The monoisotopic (exact) mass is 414 g/mol. The zero-order valence-electron chi connectivity index (χ0n) is 14.0. The van der Waals surface area contributed by atoms with Gasteiger partial charge in [-0.15, -0.1) is 0 Å². The molecule has 0 amide bonds. The minimum absolute atomic E-state index is 0.0154. The molecule has 140 valence electrons. The van der Waals surface area contributed by atoms with Crippen LogP contribution in [0.5, 0.6) is 0 Å². The van der Waals surface area contributed by atoms with Crippen LogP contribution in [0.4, 0.5) is 17.1 Å². The van der Waals surface area contributed by atoms with Gasteiger partial charge in [-0.05, 0) is 43.3 Å². The van der Waals surface area contributed by atoms with Crippen LogP contribution in [0.3, 0.4) is 0 Å². The molecule has 1 aliphatic heterocycles. The molecule has 1 aliphatic rings. The Morgan fingerprint density at radius 2 is 1.88 bits per heavy atom. The van der Waals surface area contributed by atoms with Crippen molar-refractivity contribution in [3.63, 3.8) is 0 Å². The lowest BCUT2D eigenvalue weighted by molar-refractivity contribution is 0.598. The molecule has 2 aromatic carbocycles. The van der Waals surface area contributed by atoms with E-state index in [4.69, 9.17) is 29.1 Å². The highest BCUT2D eigenvalue weighted by Crippen LogP contribution is 2.34. The van der Waals surface area contributed by atoms with E-state index in [9.17, 15) is 8.42 Å². The zero-order valence-corrected chi connectivity index (χ0v) is 16.4. The fraction of sp³-hybridized carbons (Fsp3) is 0.294. The normalized spacial score (nSPS) is 15.5. The number of benzene rings is 2. The summed E-state index contributed by atoms with van der Waals surface area (Å²) in [5.74, 6) is 0. The van der Waals surface area contributed by atoms with E-state index in [0.717, 1.165) is 38.3 Å². The quantitative estimate of drug-likeness (QED) is 0.593. The van der Waals surface area contributed by atoms with E-state index < -0.39 is 10.0 Å². The second kappa shape index (κ2) is 7.92. The van der Waals surface area contributed by atoms with Gasteiger partial charge >= 0.3 is 0 Å². The van der Waals surface area contributed by atoms with Crippen molar-refractivity contribution < 1.29 is 8.42 Å². The Hall–Kier alpha value is -1.67. The SMILES string of the molecule is Nc1cc(S(=O)(=O)N(Cl)c2ccccc2Cl)ccc1N1CCCNCC1. The van der Waals surface area contributed by atoms with E-state index in [0.29, 0.717) is 9.51 Å². The molecule has 1 saturated heterocycles. The lowest BCUT2D eigenvalue weighted by Gasteiger charge is -2.25. The molecule has 0 aromatic heterocycles. The van der Waals surface area contributed by atoms with Crippen LogP contribution in [0.15, 0.2) is 47.4 Å². The first-order chi connectivity index (χ1) is 12.4. The first-order valence-electron chi connectivity index (χ1n) is 8.22. The van der Waals surface area contributed by atoms with E-state index in [1.165, 1.54) is 18.2 Å². The maximum absolute atomic E-state index is 12.8. The third-order valence-electron chi connectivity index (χ3n) is 4.23. The molecule has 1 fully saturated rings. The van der Waals surface area contributed by atoms with Crippen LogP contribution >= 0.6 is 23.4 Å². The fourth-order valence-electron chi connectivity index (χ4n) is 2.88. The van der Waals surface area contributed by atoms with E-state index >= 15 is 0 Å². The molecule has 26 heavy (non-hydrogen) atoms.